The Bertz CT molecular complexity index is 583. The Labute approximate surface area is 171 Å². The van der Waals surface area contributed by atoms with Crippen LogP contribution in [0.25, 0.3) is 0 Å². The molecule has 0 radical (unpaired) electrons. The van der Waals surface area contributed by atoms with E-state index in [0.717, 1.165) is 24.0 Å². The average Bonchev–Trinajstić information content (AvgIpc) is 2.68. The van der Waals surface area contributed by atoms with Gasteiger partial charge in [0.25, 0.3) is 0 Å². The van der Waals surface area contributed by atoms with Gasteiger partial charge in [-0.25, -0.2) is 4.79 Å². The lowest BCUT2D eigenvalue weighted by atomic mass is 10.1. The predicted molar refractivity (Wildman–Crippen MR) is 117 cm³/mol. The van der Waals surface area contributed by atoms with Crippen molar-refractivity contribution in [2.45, 2.75) is 97.8 Å². The number of hydrogen-bond acceptors (Lipinski definition) is 3. The van der Waals surface area contributed by atoms with Crippen molar-refractivity contribution in [3.05, 3.63) is 29.3 Å². The maximum Gasteiger partial charge on any atom is 0.397 e. The van der Waals surface area contributed by atoms with Crippen LogP contribution in [0.1, 0.15) is 95.1 Å². The van der Waals surface area contributed by atoms with Crippen molar-refractivity contribution >= 4 is 17.6 Å². The number of nitrogens with one attached hydrogen (secondary N) is 1. The Morgan fingerprint density at radius 2 is 1.32 bits per heavy atom. The highest BCUT2D eigenvalue weighted by molar-refractivity contribution is 6.37. The summed E-state index contributed by atoms with van der Waals surface area (Å²) in [4.78, 5) is 23.6. The van der Waals surface area contributed by atoms with Crippen molar-refractivity contribution in [3.8, 4) is 0 Å². The molecule has 4 heteroatoms. The fraction of sp³-hybridized carbons (Fsp3) is 0.667. The summed E-state index contributed by atoms with van der Waals surface area (Å²) >= 11 is 0. The maximum absolute atomic E-state index is 11.9. The van der Waals surface area contributed by atoms with Crippen molar-refractivity contribution in [1.29, 1.82) is 0 Å². The predicted octanol–water partition coefficient (Wildman–Crippen LogP) is 6.49. The lowest BCUT2D eigenvalue weighted by molar-refractivity contribution is -0.152. The van der Waals surface area contributed by atoms with Crippen LogP contribution in [0.3, 0.4) is 0 Å². The minimum atomic E-state index is -0.804. The quantitative estimate of drug-likeness (QED) is 0.225. The van der Waals surface area contributed by atoms with Crippen molar-refractivity contribution in [3.63, 3.8) is 0 Å². The number of hydrogen-bond donors (Lipinski definition) is 1. The van der Waals surface area contributed by atoms with Crippen LogP contribution in [0.2, 0.25) is 0 Å². The monoisotopic (exact) mass is 389 g/mol. The number of amides is 1. The van der Waals surface area contributed by atoms with Crippen molar-refractivity contribution in [1.82, 2.24) is 0 Å². The van der Waals surface area contributed by atoms with Crippen LogP contribution >= 0.6 is 0 Å². The average molecular weight is 390 g/mol. The Morgan fingerprint density at radius 1 is 0.786 bits per heavy atom. The van der Waals surface area contributed by atoms with Crippen LogP contribution in [0.5, 0.6) is 0 Å². The first-order valence-electron chi connectivity index (χ1n) is 11.1. The number of benzene rings is 1. The van der Waals surface area contributed by atoms with E-state index in [9.17, 15) is 9.59 Å². The number of unbranched alkanes of at least 4 members (excludes halogenated alkanes) is 11. The second kappa shape index (κ2) is 15.1. The van der Waals surface area contributed by atoms with Gasteiger partial charge >= 0.3 is 11.9 Å². The Morgan fingerprint density at radius 3 is 1.86 bits per heavy atom. The third kappa shape index (κ3) is 11.1. The molecular formula is C24H39NO3. The highest BCUT2D eigenvalue weighted by Gasteiger charge is 2.15. The molecular weight excluding hydrogens is 350 g/mol. The molecule has 0 saturated carbocycles. The van der Waals surface area contributed by atoms with Crippen LogP contribution < -0.4 is 5.32 Å². The SMILES string of the molecule is CCCCCCCCCCCCCCOC(=O)C(=O)Nc1ccc(C)c(C)c1. The molecule has 1 N–H and O–H groups in total. The van der Waals surface area contributed by atoms with Gasteiger partial charge in [0.15, 0.2) is 0 Å². The van der Waals surface area contributed by atoms with E-state index in [1.165, 1.54) is 64.2 Å². The van der Waals surface area contributed by atoms with E-state index in [4.69, 9.17) is 4.74 Å². The van der Waals surface area contributed by atoms with Crippen molar-refractivity contribution in [2.24, 2.45) is 0 Å². The molecule has 1 rings (SSSR count). The van der Waals surface area contributed by atoms with E-state index in [1.54, 1.807) is 6.07 Å². The number of anilines is 1. The van der Waals surface area contributed by atoms with E-state index in [0.29, 0.717) is 12.3 Å². The molecule has 0 aliphatic heterocycles. The molecule has 158 valence electrons. The van der Waals surface area contributed by atoms with E-state index >= 15 is 0 Å². The van der Waals surface area contributed by atoms with E-state index in [1.807, 2.05) is 26.0 Å². The lowest BCUT2D eigenvalue weighted by Gasteiger charge is -2.08. The fourth-order valence-corrected chi connectivity index (χ4v) is 3.17. The van der Waals surface area contributed by atoms with Crippen LogP contribution in [0.4, 0.5) is 5.69 Å². The summed E-state index contributed by atoms with van der Waals surface area (Å²) in [5.74, 6) is -1.51. The zero-order chi connectivity index (χ0) is 20.6. The first-order chi connectivity index (χ1) is 13.5. The minimum absolute atomic E-state index is 0.316. The van der Waals surface area contributed by atoms with Gasteiger partial charge < -0.3 is 10.1 Å². The van der Waals surface area contributed by atoms with Crippen LogP contribution in [-0.4, -0.2) is 18.5 Å². The summed E-state index contributed by atoms with van der Waals surface area (Å²) in [7, 11) is 0. The number of esters is 1. The van der Waals surface area contributed by atoms with Crippen LogP contribution in [0.15, 0.2) is 18.2 Å². The zero-order valence-corrected chi connectivity index (χ0v) is 18.1. The molecule has 0 aliphatic carbocycles. The normalized spacial score (nSPS) is 10.7. The van der Waals surface area contributed by atoms with Crippen LogP contribution in [0, 0.1) is 13.8 Å². The summed E-state index contributed by atoms with van der Waals surface area (Å²) in [6.45, 7) is 6.54. The lowest BCUT2D eigenvalue weighted by Crippen LogP contribution is -2.25. The topological polar surface area (TPSA) is 55.4 Å². The number of ether oxygens (including phenoxy) is 1. The molecule has 0 aromatic heterocycles. The van der Waals surface area contributed by atoms with Crippen molar-refractivity contribution < 1.29 is 14.3 Å². The molecule has 1 aromatic rings. The summed E-state index contributed by atoms with van der Waals surface area (Å²) in [5.41, 5.74) is 2.84. The summed E-state index contributed by atoms with van der Waals surface area (Å²) < 4.78 is 5.07. The number of rotatable bonds is 14. The first kappa shape index (κ1) is 24.2. The third-order valence-electron chi connectivity index (χ3n) is 5.18. The highest BCUT2D eigenvalue weighted by atomic mass is 16.5. The first-order valence-corrected chi connectivity index (χ1v) is 11.1. The largest absolute Gasteiger partial charge is 0.459 e. The minimum Gasteiger partial charge on any atom is -0.459 e. The van der Waals surface area contributed by atoms with E-state index in [2.05, 4.69) is 12.2 Å². The van der Waals surface area contributed by atoms with Gasteiger partial charge in [0.05, 0.1) is 6.61 Å². The molecule has 1 aromatic carbocycles. The summed E-state index contributed by atoms with van der Waals surface area (Å²) in [6, 6.07) is 5.56. The molecule has 4 nitrogen and oxygen atoms in total. The van der Waals surface area contributed by atoms with Crippen LogP contribution in [-0.2, 0) is 14.3 Å². The van der Waals surface area contributed by atoms with Gasteiger partial charge in [-0.1, -0.05) is 83.6 Å². The molecule has 0 fully saturated rings. The number of carbonyl (C=O) groups excluding carboxylic acids is 2. The van der Waals surface area contributed by atoms with Gasteiger partial charge in [-0.3, -0.25) is 4.79 Å². The smallest absolute Gasteiger partial charge is 0.397 e. The summed E-state index contributed by atoms with van der Waals surface area (Å²) in [5, 5.41) is 2.59. The molecule has 1 amide bonds. The molecule has 0 bridgehead atoms. The van der Waals surface area contributed by atoms with Gasteiger partial charge in [0, 0.05) is 5.69 Å². The standard InChI is InChI=1S/C24H39NO3/c1-4-5-6-7-8-9-10-11-12-13-14-15-18-28-24(27)23(26)25-22-17-16-20(2)21(3)19-22/h16-17,19H,4-15,18H2,1-3H3,(H,25,26). The maximum atomic E-state index is 11.9. The van der Waals surface area contributed by atoms with Gasteiger partial charge in [-0.2, -0.15) is 0 Å². The summed E-state index contributed by atoms with van der Waals surface area (Å²) in [6.07, 6.45) is 15.1. The molecule has 0 aliphatic rings. The molecule has 0 atom stereocenters. The van der Waals surface area contributed by atoms with E-state index < -0.39 is 11.9 Å². The Kier molecular flexibility index (Phi) is 13.1. The Balaban J connectivity index is 1.98. The molecule has 0 saturated heterocycles. The van der Waals surface area contributed by atoms with Gasteiger partial charge in [0.2, 0.25) is 0 Å². The van der Waals surface area contributed by atoms with Gasteiger partial charge in [0.1, 0.15) is 0 Å². The highest BCUT2D eigenvalue weighted by Crippen LogP contribution is 2.14. The number of aryl methyl sites for hydroxylation is 2. The molecule has 0 spiro atoms. The molecule has 0 unspecified atom stereocenters. The van der Waals surface area contributed by atoms with Crippen molar-refractivity contribution in [2.75, 3.05) is 11.9 Å². The molecule has 28 heavy (non-hydrogen) atoms. The Hall–Kier alpha value is -1.84. The third-order valence-corrected chi connectivity index (χ3v) is 5.18. The van der Waals surface area contributed by atoms with E-state index in [-0.39, 0.29) is 0 Å². The number of carbonyl (C=O) groups is 2. The second-order valence-electron chi connectivity index (χ2n) is 7.78. The molecule has 0 heterocycles. The van der Waals surface area contributed by atoms with Gasteiger partial charge in [-0.15, -0.1) is 0 Å². The fourth-order valence-electron chi connectivity index (χ4n) is 3.17. The second-order valence-corrected chi connectivity index (χ2v) is 7.78. The van der Waals surface area contributed by atoms with Gasteiger partial charge in [-0.05, 0) is 43.5 Å². The zero-order valence-electron chi connectivity index (χ0n) is 18.1.